The average Bonchev–Trinajstić information content (AvgIpc) is 2.19. The molecule has 2 rings (SSSR count). The van der Waals surface area contributed by atoms with Crippen LogP contribution < -0.4 is 4.74 Å². The van der Waals surface area contributed by atoms with E-state index in [0.717, 1.165) is 5.56 Å². The monoisotopic (exact) mass is 192 g/mol. The number of rotatable bonds is 1. The molecule has 0 fully saturated rings. The number of Topliss-reactive ketones (excluding diaryl/α,β-unsaturated/α-hetero) is 1. The van der Waals surface area contributed by atoms with Crippen molar-refractivity contribution in [3.8, 4) is 5.75 Å². The van der Waals surface area contributed by atoms with E-state index in [4.69, 9.17) is 9.84 Å². The zero-order valence-corrected chi connectivity index (χ0v) is 7.99. The highest BCUT2D eigenvalue weighted by Gasteiger charge is 2.25. The van der Waals surface area contributed by atoms with Gasteiger partial charge in [-0.2, -0.15) is 0 Å². The molecule has 0 bridgehead atoms. The number of carbonyl (C=O) groups excluding carboxylic acids is 1. The molecule has 1 aromatic rings. The molecule has 1 aliphatic rings. The Hall–Kier alpha value is -1.35. The van der Waals surface area contributed by atoms with E-state index in [1.165, 1.54) is 0 Å². The van der Waals surface area contributed by atoms with Gasteiger partial charge in [0.15, 0.2) is 5.78 Å². The van der Waals surface area contributed by atoms with E-state index in [-0.39, 0.29) is 24.9 Å². The topological polar surface area (TPSA) is 46.5 Å². The number of ketones is 1. The third-order valence-electron chi connectivity index (χ3n) is 2.35. The van der Waals surface area contributed by atoms with Crippen LogP contribution in [0.3, 0.4) is 0 Å². The quantitative estimate of drug-likeness (QED) is 0.730. The number of hydrogen-bond acceptors (Lipinski definition) is 3. The lowest BCUT2D eigenvalue weighted by atomic mass is 9.99. The van der Waals surface area contributed by atoms with Gasteiger partial charge in [-0.3, -0.25) is 4.79 Å². The van der Waals surface area contributed by atoms with Crippen molar-refractivity contribution in [2.24, 2.45) is 0 Å². The van der Waals surface area contributed by atoms with Gasteiger partial charge in [0.2, 0.25) is 0 Å². The fourth-order valence-electron chi connectivity index (χ4n) is 1.60. The Labute approximate surface area is 82.3 Å². The Morgan fingerprint density at radius 3 is 3.07 bits per heavy atom. The second kappa shape index (κ2) is 3.42. The molecule has 1 aromatic carbocycles. The van der Waals surface area contributed by atoms with E-state index in [1.54, 1.807) is 6.07 Å². The van der Waals surface area contributed by atoms with Crippen molar-refractivity contribution in [3.63, 3.8) is 0 Å². The lowest BCUT2D eigenvalue weighted by Crippen LogP contribution is -2.29. The highest BCUT2D eigenvalue weighted by Crippen LogP contribution is 2.28. The molecule has 3 nitrogen and oxygen atoms in total. The van der Waals surface area contributed by atoms with Crippen LogP contribution in [0.4, 0.5) is 0 Å². The van der Waals surface area contributed by atoms with Crippen LogP contribution in [0.15, 0.2) is 18.2 Å². The maximum absolute atomic E-state index is 11.6. The summed E-state index contributed by atoms with van der Waals surface area (Å²) >= 11 is 0. The molecule has 0 aliphatic carbocycles. The van der Waals surface area contributed by atoms with Gasteiger partial charge < -0.3 is 9.84 Å². The van der Waals surface area contributed by atoms with E-state index in [0.29, 0.717) is 11.3 Å². The summed E-state index contributed by atoms with van der Waals surface area (Å²) in [7, 11) is 0. The van der Waals surface area contributed by atoms with Crippen LogP contribution in [0.1, 0.15) is 22.3 Å². The number of aliphatic hydroxyl groups is 1. The molecule has 1 aliphatic heterocycles. The SMILES string of the molecule is Cc1ccc2c(c1)C(=O)CC(CO)O2. The molecule has 0 saturated carbocycles. The second-order valence-corrected chi connectivity index (χ2v) is 3.55. The molecule has 0 spiro atoms. The first-order chi connectivity index (χ1) is 6.70. The number of hydrogen-bond donors (Lipinski definition) is 1. The maximum Gasteiger partial charge on any atom is 0.170 e. The summed E-state index contributed by atoms with van der Waals surface area (Å²) in [6.45, 7) is 1.82. The van der Waals surface area contributed by atoms with Crippen LogP contribution in [0.2, 0.25) is 0 Å². The largest absolute Gasteiger partial charge is 0.487 e. The predicted molar refractivity (Wildman–Crippen MR) is 51.6 cm³/mol. The van der Waals surface area contributed by atoms with E-state index in [2.05, 4.69) is 0 Å². The molecule has 1 atom stereocenters. The lowest BCUT2D eigenvalue weighted by Gasteiger charge is -2.23. The summed E-state index contributed by atoms with van der Waals surface area (Å²) in [6.07, 6.45) is -0.106. The molecule has 0 saturated heterocycles. The summed E-state index contributed by atoms with van der Waals surface area (Å²) in [4.78, 5) is 11.6. The van der Waals surface area contributed by atoms with Gasteiger partial charge in [-0.05, 0) is 19.1 Å². The van der Waals surface area contributed by atoms with E-state index in [1.807, 2.05) is 19.1 Å². The van der Waals surface area contributed by atoms with Crippen molar-refractivity contribution < 1.29 is 14.6 Å². The normalized spacial score (nSPS) is 20.1. The van der Waals surface area contributed by atoms with Gasteiger partial charge >= 0.3 is 0 Å². The molecular weight excluding hydrogens is 180 g/mol. The molecule has 0 amide bonds. The summed E-state index contributed by atoms with van der Waals surface area (Å²) in [5, 5.41) is 8.91. The molecule has 74 valence electrons. The van der Waals surface area contributed by atoms with Crippen LogP contribution in [-0.4, -0.2) is 23.6 Å². The Morgan fingerprint density at radius 1 is 1.57 bits per heavy atom. The summed E-state index contributed by atoms with van der Waals surface area (Å²) in [6, 6.07) is 5.50. The molecule has 3 heteroatoms. The first-order valence-electron chi connectivity index (χ1n) is 4.62. The predicted octanol–water partition coefficient (Wildman–Crippen LogP) is 1.32. The Morgan fingerprint density at radius 2 is 2.36 bits per heavy atom. The molecule has 1 N–H and O–H groups in total. The minimum Gasteiger partial charge on any atom is -0.487 e. The zero-order valence-electron chi connectivity index (χ0n) is 7.99. The van der Waals surface area contributed by atoms with E-state index < -0.39 is 0 Å². The molecule has 14 heavy (non-hydrogen) atoms. The second-order valence-electron chi connectivity index (χ2n) is 3.55. The average molecular weight is 192 g/mol. The van der Waals surface area contributed by atoms with Crippen LogP contribution >= 0.6 is 0 Å². The third kappa shape index (κ3) is 1.51. The number of aryl methyl sites for hydroxylation is 1. The fourth-order valence-corrected chi connectivity index (χ4v) is 1.60. The molecule has 0 radical (unpaired) electrons. The van der Waals surface area contributed by atoms with Gasteiger partial charge in [0.1, 0.15) is 11.9 Å². The molecule has 1 unspecified atom stereocenters. The molecule has 0 aromatic heterocycles. The summed E-state index contributed by atoms with van der Waals surface area (Å²) < 4.78 is 5.44. The van der Waals surface area contributed by atoms with Crippen molar-refractivity contribution in [2.45, 2.75) is 19.4 Å². The van der Waals surface area contributed by atoms with Crippen molar-refractivity contribution in [1.29, 1.82) is 0 Å². The number of carbonyl (C=O) groups is 1. The molecule has 1 heterocycles. The minimum atomic E-state index is -0.377. The van der Waals surface area contributed by atoms with Gasteiger partial charge in [0, 0.05) is 0 Å². The van der Waals surface area contributed by atoms with Crippen LogP contribution in [0, 0.1) is 6.92 Å². The first-order valence-corrected chi connectivity index (χ1v) is 4.62. The van der Waals surface area contributed by atoms with Crippen molar-refractivity contribution in [2.75, 3.05) is 6.61 Å². The first kappa shape index (κ1) is 9.21. The fraction of sp³-hybridized carbons (Fsp3) is 0.364. The number of aliphatic hydroxyl groups excluding tert-OH is 1. The van der Waals surface area contributed by atoms with Gasteiger partial charge in [-0.15, -0.1) is 0 Å². The highest BCUT2D eigenvalue weighted by molar-refractivity contribution is 6.00. The van der Waals surface area contributed by atoms with Gasteiger partial charge in [0.05, 0.1) is 18.6 Å². The number of benzene rings is 1. The number of fused-ring (bicyclic) bond motifs is 1. The van der Waals surface area contributed by atoms with Crippen molar-refractivity contribution in [3.05, 3.63) is 29.3 Å². The zero-order chi connectivity index (χ0) is 10.1. The summed E-state index contributed by atoms with van der Waals surface area (Å²) in [5.74, 6) is 0.639. The van der Waals surface area contributed by atoms with Gasteiger partial charge in [-0.1, -0.05) is 11.6 Å². The maximum atomic E-state index is 11.6. The Kier molecular flexibility index (Phi) is 2.25. The Bertz CT molecular complexity index is 371. The smallest absolute Gasteiger partial charge is 0.170 e. The van der Waals surface area contributed by atoms with Crippen LogP contribution in [0.5, 0.6) is 5.75 Å². The molecular formula is C11H12O3. The van der Waals surface area contributed by atoms with Gasteiger partial charge in [0.25, 0.3) is 0 Å². The van der Waals surface area contributed by atoms with E-state index in [9.17, 15) is 4.79 Å². The van der Waals surface area contributed by atoms with Crippen molar-refractivity contribution in [1.82, 2.24) is 0 Å². The van der Waals surface area contributed by atoms with E-state index >= 15 is 0 Å². The van der Waals surface area contributed by atoms with Crippen LogP contribution in [0.25, 0.3) is 0 Å². The highest BCUT2D eigenvalue weighted by atomic mass is 16.5. The number of ether oxygens (including phenoxy) is 1. The Balaban J connectivity index is 2.40. The van der Waals surface area contributed by atoms with Gasteiger partial charge in [-0.25, -0.2) is 0 Å². The standard InChI is InChI=1S/C11H12O3/c1-7-2-3-11-9(4-7)10(13)5-8(6-12)14-11/h2-4,8,12H,5-6H2,1H3. The summed E-state index contributed by atoms with van der Waals surface area (Å²) in [5.41, 5.74) is 1.68. The lowest BCUT2D eigenvalue weighted by molar-refractivity contribution is 0.0704. The minimum absolute atomic E-state index is 0.0500. The van der Waals surface area contributed by atoms with Crippen LogP contribution in [-0.2, 0) is 0 Å². The van der Waals surface area contributed by atoms with Crippen molar-refractivity contribution >= 4 is 5.78 Å². The third-order valence-corrected chi connectivity index (χ3v) is 2.35.